The van der Waals surface area contributed by atoms with Gasteiger partial charge in [-0.3, -0.25) is 4.98 Å². The lowest BCUT2D eigenvalue weighted by Gasteiger charge is -2.45. The highest BCUT2D eigenvalue weighted by Gasteiger charge is 2.51. The Labute approximate surface area is 302 Å². The van der Waals surface area contributed by atoms with Crippen LogP contribution in [0.3, 0.4) is 0 Å². The van der Waals surface area contributed by atoms with Crippen LogP contribution in [-0.4, -0.2) is 94.2 Å². The number of ether oxygens (including phenoxy) is 3. The van der Waals surface area contributed by atoms with Gasteiger partial charge in [-0.25, -0.2) is 0 Å². The SMILES string of the molecule is CC1(Cl)C(c2ccccc2)=CC=CC1(COc1cc(OCc2cncc(C#N)c2)c(CNC(CO)CO)cc1Cl)OCCCNC(CO)CO. The van der Waals surface area contributed by atoms with Gasteiger partial charge >= 0.3 is 0 Å². The van der Waals surface area contributed by atoms with Crippen molar-refractivity contribution in [2.45, 2.75) is 49.1 Å². The molecule has 1 aliphatic rings. The standard InChI is InChI=1S/C37H44Cl2N4O7/c1-36(39)32(28-7-3-2-4-8-28)9-5-10-37(36,50-12-6-11-42-30(20-44)21-45)25-49-35-15-34(48-24-27-13-26(16-40)17-41-18-27)29(14-33(35)38)19-43-31(22-46)23-47/h2-5,7-10,13-15,17-18,30-31,42-47H,6,11-12,19-25H2,1H3. The average Bonchev–Trinajstić information content (AvgIpc) is 3.13. The van der Waals surface area contributed by atoms with Gasteiger partial charge in [0.2, 0.25) is 0 Å². The molecule has 0 radical (unpaired) electrons. The van der Waals surface area contributed by atoms with E-state index in [1.165, 1.54) is 6.20 Å². The van der Waals surface area contributed by atoms with Gasteiger partial charge < -0.3 is 45.3 Å². The monoisotopic (exact) mass is 726 g/mol. The van der Waals surface area contributed by atoms with Crippen molar-refractivity contribution >= 4 is 28.8 Å². The molecule has 1 aromatic heterocycles. The molecule has 4 rings (SSSR count). The lowest BCUT2D eigenvalue weighted by molar-refractivity contribution is -0.0526. The smallest absolute Gasteiger partial charge is 0.143 e. The molecule has 1 heterocycles. The molecule has 2 aromatic carbocycles. The second-order valence-corrected chi connectivity index (χ2v) is 13.2. The number of hydrogen-bond acceptors (Lipinski definition) is 11. The van der Waals surface area contributed by atoms with Gasteiger partial charge in [-0.05, 0) is 49.2 Å². The molecule has 0 bridgehead atoms. The van der Waals surface area contributed by atoms with Crippen LogP contribution in [0, 0.1) is 11.3 Å². The van der Waals surface area contributed by atoms with Crippen molar-refractivity contribution in [3.8, 4) is 17.6 Å². The van der Waals surface area contributed by atoms with Gasteiger partial charge in [0.1, 0.15) is 41.3 Å². The van der Waals surface area contributed by atoms with E-state index in [-0.39, 0.29) is 52.8 Å². The molecule has 6 N–H and O–H groups in total. The minimum Gasteiger partial charge on any atom is -0.488 e. The average molecular weight is 728 g/mol. The third kappa shape index (κ3) is 10.0. The molecule has 0 spiro atoms. The van der Waals surface area contributed by atoms with Crippen LogP contribution in [0.15, 0.2) is 79.2 Å². The van der Waals surface area contributed by atoms with Crippen LogP contribution in [0.1, 0.15) is 35.6 Å². The zero-order valence-corrected chi connectivity index (χ0v) is 29.4. The largest absolute Gasteiger partial charge is 0.488 e. The second-order valence-electron chi connectivity index (χ2n) is 12.0. The number of benzene rings is 2. The van der Waals surface area contributed by atoms with E-state index in [1.54, 1.807) is 24.4 Å². The van der Waals surface area contributed by atoms with Crippen LogP contribution in [0.25, 0.3) is 5.57 Å². The highest BCUT2D eigenvalue weighted by molar-refractivity contribution is 6.32. The topological polar surface area (TPSA) is 169 Å². The van der Waals surface area contributed by atoms with Crippen LogP contribution in [-0.2, 0) is 17.9 Å². The highest BCUT2D eigenvalue weighted by atomic mass is 35.5. The summed E-state index contributed by atoms with van der Waals surface area (Å²) in [5.41, 5.74) is 2.35. The summed E-state index contributed by atoms with van der Waals surface area (Å²) in [5.74, 6) is 0.736. The zero-order chi connectivity index (χ0) is 36.0. The summed E-state index contributed by atoms with van der Waals surface area (Å²) in [6.45, 7) is 2.07. The number of allylic oxidation sites excluding steroid dienone is 2. The third-order valence-corrected chi connectivity index (χ3v) is 9.28. The molecular weight excluding hydrogens is 683 g/mol. The summed E-state index contributed by atoms with van der Waals surface area (Å²) in [6, 6.07) is 15.9. The van der Waals surface area contributed by atoms with Crippen molar-refractivity contribution in [1.82, 2.24) is 15.6 Å². The van der Waals surface area contributed by atoms with Crippen LogP contribution in [0.2, 0.25) is 5.02 Å². The van der Waals surface area contributed by atoms with Gasteiger partial charge in [0, 0.05) is 42.7 Å². The Kier molecular flexibility index (Phi) is 15.1. The molecular formula is C37H44Cl2N4O7. The number of aliphatic hydroxyl groups excluding tert-OH is 4. The predicted molar refractivity (Wildman–Crippen MR) is 192 cm³/mol. The first-order valence-corrected chi connectivity index (χ1v) is 17.1. The fraction of sp³-hybridized carbons (Fsp3) is 0.405. The number of halogens is 2. The van der Waals surface area contributed by atoms with Gasteiger partial charge in [-0.2, -0.15) is 5.26 Å². The number of nitrogens with one attached hydrogen (secondary N) is 2. The van der Waals surface area contributed by atoms with E-state index in [1.807, 2.05) is 55.5 Å². The zero-order valence-electron chi connectivity index (χ0n) is 27.9. The first-order valence-electron chi connectivity index (χ1n) is 16.3. The fourth-order valence-electron chi connectivity index (χ4n) is 5.43. The number of nitrogens with zero attached hydrogens (tertiary/aromatic N) is 2. The fourth-order valence-corrected chi connectivity index (χ4v) is 6.01. The predicted octanol–water partition coefficient (Wildman–Crippen LogP) is 3.75. The number of rotatable bonds is 20. The number of pyridine rings is 1. The van der Waals surface area contributed by atoms with Crippen molar-refractivity contribution in [1.29, 1.82) is 5.26 Å². The van der Waals surface area contributed by atoms with Crippen LogP contribution < -0.4 is 20.1 Å². The van der Waals surface area contributed by atoms with Crippen molar-refractivity contribution in [2.24, 2.45) is 0 Å². The number of nitriles is 1. The van der Waals surface area contributed by atoms with Gasteiger partial charge in [-0.15, -0.1) is 11.6 Å². The Balaban J connectivity index is 1.62. The lowest BCUT2D eigenvalue weighted by atomic mass is 9.76. The Bertz CT molecular complexity index is 1630. The summed E-state index contributed by atoms with van der Waals surface area (Å²) < 4.78 is 19.3. The van der Waals surface area contributed by atoms with Crippen LogP contribution in [0.5, 0.6) is 11.5 Å². The maximum atomic E-state index is 9.57. The summed E-state index contributed by atoms with van der Waals surface area (Å²) in [7, 11) is 0. The van der Waals surface area contributed by atoms with Crippen molar-refractivity contribution in [3.05, 3.63) is 106 Å². The number of aromatic nitrogens is 1. The summed E-state index contributed by atoms with van der Waals surface area (Å²) in [5, 5.41) is 53.7. The summed E-state index contributed by atoms with van der Waals surface area (Å²) in [4.78, 5) is 3.02. The molecule has 13 heteroatoms. The molecule has 3 aromatic rings. The third-order valence-electron chi connectivity index (χ3n) is 8.47. The molecule has 1 aliphatic carbocycles. The van der Waals surface area contributed by atoms with E-state index in [0.29, 0.717) is 46.2 Å². The second kappa shape index (κ2) is 19.2. The highest BCUT2D eigenvalue weighted by Crippen LogP contribution is 2.47. The van der Waals surface area contributed by atoms with Crippen molar-refractivity contribution in [3.63, 3.8) is 0 Å². The van der Waals surface area contributed by atoms with Crippen molar-refractivity contribution in [2.75, 3.05) is 46.2 Å². The Hall–Kier alpha value is -3.54. The molecule has 0 saturated carbocycles. The minimum atomic E-state index is -1.16. The molecule has 2 atom stereocenters. The molecule has 2 unspecified atom stereocenters. The maximum Gasteiger partial charge on any atom is 0.143 e. The van der Waals surface area contributed by atoms with E-state index >= 15 is 0 Å². The normalized spacial score (nSPS) is 18.7. The first-order chi connectivity index (χ1) is 24.2. The van der Waals surface area contributed by atoms with Gasteiger partial charge in [-0.1, -0.05) is 54.1 Å². The van der Waals surface area contributed by atoms with E-state index in [9.17, 15) is 25.7 Å². The first kappa shape index (κ1) is 39.2. The van der Waals surface area contributed by atoms with Gasteiger partial charge in [0.25, 0.3) is 0 Å². The van der Waals surface area contributed by atoms with E-state index in [4.69, 9.17) is 37.4 Å². The molecule has 11 nitrogen and oxygen atoms in total. The van der Waals surface area contributed by atoms with Gasteiger partial charge in [0.15, 0.2) is 0 Å². The van der Waals surface area contributed by atoms with Crippen LogP contribution >= 0.6 is 23.2 Å². The number of alkyl halides is 1. The van der Waals surface area contributed by atoms with Crippen LogP contribution in [0.4, 0.5) is 0 Å². The molecule has 0 amide bonds. The Morgan fingerprint density at radius 1 is 0.940 bits per heavy atom. The maximum absolute atomic E-state index is 9.57. The van der Waals surface area contributed by atoms with Crippen molar-refractivity contribution < 1.29 is 34.6 Å². The molecule has 268 valence electrons. The van der Waals surface area contributed by atoms with E-state index in [2.05, 4.69) is 21.7 Å². The van der Waals surface area contributed by atoms with Gasteiger partial charge in [0.05, 0.1) is 49.1 Å². The molecule has 0 aliphatic heterocycles. The molecule has 0 saturated heterocycles. The Morgan fingerprint density at radius 2 is 1.66 bits per heavy atom. The summed E-state index contributed by atoms with van der Waals surface area (Å²) >= 11 is 14.3. The quantitative estimate of drug-likeness (QED) is 0.0741. The number of hydrogen-bond donors (Lipinski definition) is 6. The lowest BCUT2D eigenvalue weighted by Crippen LogP contribution is -2.55. The van der Waals surface area contributed by atoms with E-state index in [0.717, 1.165) is 11.1 Å². The Morgan fingerprint density at radius 3 is 2.36 bits per heavy atom. The molecule has 0 fully saturated rings. The van der Waals surface area contributed by atoms with E-state index < -0.39 is 22.6 Å². The molecule has 50 heavy (non-hydrogen) atoms. The minimum absolute atomic E-state index is 0.0288. The summed E-state index contributed by atoms with van der Waals surface area (Å²) in [6.07, 6.45) is 9.38. The number of aliphatic hydroxyl groups is 4.